The first kappa shape index (κ1) is 15.4. The number of nitrogens with one attached hydrogen (secondary N) is 2. The second-order valence-electron chi connectivity index (χ2n) is 5.35. The van der Waals surface area contributed by atoms with Crippen molar-refractivity contribution in [2.75, 3.05) is 13.7 Å². The molecule has 0 aromatic heterocycles. The first-order valence-electron chi connectivity index (χ1n) is 7.36. The molecule has 1 fully saturated rings. The predicted octanol–water partition coefficient (Wildman–Crippen LogP) is 1.41. The van der Waals surface area contributed by atoms with Crippen LogP contribution in [0.25, 0.3) is 0 Å². The number of hydrogen-bond donors (Lipinski definition) is 2. The van der Waals surface area contributed by atoms with Crippen molar-refractivity contribution >= 4 is 11.8 Å². The lowest BCUT2D eigenvalue weighted by molar-refractivity contribution is -0.126. The SMILES string of the molecule is COc1ccc(CC(=O)NCC(=O)NC2CCCC2)cc1. The predicted molar refractivity (Wildman–Crippen MR) is 80.1 cm³/mol. The maximum absolute atomic E-state index is 11.8. The molecule has 1 aromatic rings. The molecule has 0 aliphatic heterocycles. The Morgan fingerprint density at radius 3 is 2.43 bits per heavy atom. The van der Waals surface area contributed by atoms with E-state index in [1.165, 1.54) is 12.8 Å². The summed E-state index contributed by atoms with van der Waals surface area (Å²) in [6.07, 6.45) is 4.71. The van der Waals surface area contributed by atoms with Gasteiger partial charge in [0.25, 0.3) is 0 Å². The van der Waals surface area contributed by atoms with Gasteiger partial charge in [-0.2, -0.15) is 0 Å². The Labute approximate surface area is 125 Å². The molecule has 2 N–H and O–H groups in total. The molecule has 1 aliphatic carbocycles. The number of amides is 2. The van der Waals surface area contributed by atoms with Crippen LogP contribution >= 0.6 is 0 Å². The van der Waals surface area contributed by atoms with Crippen LogP contribution in [0, 0.1) is 0 Å². The lowest BCUT2D eigenvalue weighted by atomic mass is 10.1. The van der Waals surface area contributed by atoms with Crippen molar-refractivity contribution in [3.05, 3.63) is 29.8 Å². The van der Waals surface area contributed by atoms with E-state index in [4.69, 9.17) is 4.74 Å². The van der Waals surface area contributed by atoms with Gasteiger partial charge in [0.15, 0.2) is 0 Å². The number of rotatable bonds is 6. The summed E-state index contributed by atoms with van der Waals surface area (Å²) in [5.41, 5.74) is 0.893. The Balaban J connectivity index is 1.69. The van der Waals surface area contributed by atoms with E-state index in [1.54, 1.807) is 7.11 Å². The molecule has 0 saturated heterocycles. The molecule has 1 saturated carbocycles. The zero-order valence-corrected chi connectivity index (χ0v) is 12.4. The minimum Gasteiger partial charge on any atom is -0.497 e. The molecule has 21 heavy (non-hydrogen) atoms. The molecule has 0 bridgehead atoms. The Hall–Kier alpha value is -2.04. The summed E-state index contributed by atoms with van der Waals surface area (Å²) < 4.78 is 5.06. The Morgan fingerprint density at radius 1 is 1.14 bits per heavy atom. The van der Waals surface area contributed by atoms with Crippen LogP contribution in [-0.2, 0) is 16.0 Å². The number of hydrogen-bond acceptors (Lipinski definition) is 3. The van der Waals surface area contributed by atoms with Crippen LogP contribution in [0.4, 0.5) is 0 Å². The summed E-state index contributed by atoms with van der Waals surface area (Å²) in [4.78, 5) is 23.5. The van der Waals surface area contributed by atoms with Crippen molar-refractivity contribution in [2.45, 2.75) is 38.1 Å². The molecule has 5 nitrogen and oxygen atoms in total. The van der Waals surface area contributed by atoms with Crippen LogP contribution in [0.3, 0.4) is 0 Å². The highest BCUT2D eigenvalue weighted by Crippen LogP contribution is 2.17. The van der Waals surface area contributed by atoms with Crippen LogP contribution in [0.5, 0.6) is 5.75 Å². The standard InChI is InChI=1S/C16H22N2O3/c1-21-14-8-6-12(7-9-14)10-15(19)17-11-16(20)18-13-4-2-3-5-13/h6-9,13H,2-5,10-11H2,1H3,(H,17,19)(H,18,20). The molecule has 114 valence electrons. The van der Waals surface area contributed by atoms with Gasteiger partial charge < -0.3 is 15.4 Å². The molecular weight excluding hydrogens is 268 g/mol. The average molecular weight is 290 g/mol. The topological polar surface area (TPSA) is 67.4 Å². The summed E-state index contributed by atoms with van der Waals surface area (Å²) in [5.74, 6) is 0.502. The zero-order chi connectivity index (χ0) is 15.1. The second kappa shape index (κ2) is 7.67. The van der Waals surface area contributed by atoms with E-state index in [9.17, 15) is 9.59 Å². The van der Waals surface area contributed by atoms with Gasteiger partial charge in [-0.25, -0.2) is 0 Å². The molecule has 1 aromatic carbocycles. The van der Waals surface area contributed by atoms with Gasteiger partial charge in [-0.15, -0.1) is 0 Å². The number of benzene rings is 1. The Kier molecular flexibility index (Phi) is 5.60. The fourth-order valence-corrected chi connectivity index (χ4v) is 2.52. The minimum atomic E-state index is -0.151. The summed E-state index contributed by atoms with van der Waals surface area (Å²) in [6.45, 7) is 0.0471. The summed E-state index contributed by atoms with van der Waals surface area (Å²) >= 11 is 0. The third kappa shape index (κ3) is 5.10. The maximum atomic E-state index is 11.8. The Bertz CT molecular complexity index is 479. The molecular formula is C16H22N2O3. The maximum Gasteiger partial charge on any atom is 0.239 e. The lowest BCUT2D eigenvalue weighted by Crippen LogP contribution is -2.41. The highest BCUT2D eigenvalue weighted by Gasteiger charge is 2.17. The molecule has 5 heteroatoms. The van der Waals surface area contributed by atoms with Crippen LogP contribution < -0.4 is 15.4 Å². The molecule has 0 atom stereocenters. The lowest BCUT2D eigenvalue weighted by Gasteiger charge is -2.12. The van der Waals surface area contributed by atoms with Crippen molar-refractivity contribution in [3.63, 3.8) is 0 Å². The van der Waals surface area contributed by atoms with Gasteiger partial charge in [0.2, 0.25) is 11.8 Å². The fourth-order valence-electron chi connectivity index (χ4n) is 2.52. The highest BCUT2D eigenvalue weighted by molar-refractivity contribution is 5.85. The summed E-state index contributed by atoms with van der Waals surface area (Å²) in [7, 11) is 1.60. The van der Waals surface area contributed by atoms with E-state index in [0.717, 1.165) is 24.2 Å². The van der Waals surface area contributed by atoms with E-state index in [0.29, 0.717) is 0 Å². The zero-order valence-electron chi connectivity index (χ0n) is 12.4. The monoisotopic (exact) mass is 290 g/mol. The van der Waals surface area contributed by atoms with Gasteiger partial charge >= 0.3 is 0 Å². The number of methoxy groups -OCH3 is 1. The average Bonchev–Trinajstić information content (AvgIpc) is 2.99. The smallest absolute Gasteiger partial charge is 0.239 e. The van der Waals surface area contributed by atoms with Gasteiger partial charge in [-0.05, 0) is 30.5 Å². The van der Waals surface area contributed by atoms with Gasteiger partial charge in [0, 0.05) is 6.04 Å². The van der Waals surface area contributed by atoms with E-state index in [1.807, 2.05) is 24.3 Å². The van der Waals surface area contributed by atoms with Gasteiger partial charge in [-0.1, -0.05) is 25.0 Å². The van der Waals surface area contributed by atoms with E-state index >= 15 is 0 Å². The molecule has 2 amide bonds. The van der Waals surface area contributed by atoms with Crippen molar-refractivity contribution in [2.24, 2.45) is 0 Å². The molecule has 0 spiro atoms. The number of carbonyl (C=O) groups is 2. The molecule has 0 unspecified atom stereocenters. The first-order chi connectivity index (χ1) is 10.2. The van der Waals surface area contributed by atoms with Crippen molar-refractivity contribution in [1.29, 1.82) is 0 Å². The molecule has 2 rings (SSSR count). The molecule has 0 heterocycles. The third-order valence-electron chi connectivity index (χ3n) is 3.69. The third-order valence-corrected chi connectivity index (χ3v) is 3.69. The highest BCUT2D eigenvalue weighted by atomic mass is 16.5. The van der Waals surface area contributed by atoms with Gasteiger partial charge in [-0.3, -0.25) is 9.59 Å². The van der Waals surface area contributed by atoms with Crippen LogP contribution in [-0.4, -0.2) is 31.5 Å². The van der Waals surface area contributed by atoms with Crippen LogP contribution in [0.15, 0.2) is 24.3 Å². The minimum absolute atomic E-state index is 0.0471. The van der Waals surface area contributed by atoms with E-state index in [-0.39, 0.29) is 30.8 Å². The summed E-state index contributed by atoms with van der Waals surface area (Å²) in [5, 5.41) is 5.59. The van der Waals surface area contributed by atoms with Crippen LogP contribution in [0.2, 0.25) is 0 Å². The first-order valence-corrected chi connectivity index (χ1v) is 7.36. The van der Waals surface area contributed by atoms with Gasteiger partial charge in [0.05, 0.1) is 20.1 Å². The Morgan fingerprint density at radius 2 is 1.81 bits per heavy atom. The number of carbonyl (C=O) groups excluding carboxylic acids is 2. The molecule has 0 radical (unpaired) electrons. The largest absolute Gasteiger partial charge is 0.497 e. The quantitative estimate of drug-likeness (QED) is 0.832. The van der Waals surface area contributed by atoms with Crippen molar-refractivity contribution in [3.8, 4) is 5.75 Å². The number of ether oxygens (including phenoxy) is 1. The van der Waals surface area contributed by atoms with Gasteiger partial charge in [0.1, 0.15) is 5.75 Å². The molecule has 1 aliphatic rings. The van der Waals surface area contributed by atoms with E-state index < -0.39 is 0 Å². The second-order valence-corrected chi connectivity index (χ2v) is 5.35. The van der Waals surface area contributed by atoms with E-state index in [2.05, 4.69) is 10.6 Å². The summed E-state index contributed by atoms with van der Waals surface area (Å²) in [6, 6.07) is 7.61. The van der Waals surface area contributed by atoms with Crippen molar-refractivity contribution < 1.29 is 14.3 Å². The van der Waals surface area contributed by atoms with Crippen LogP contribution in [0.1, 0.15) is 31.2 Å². The van der Waals surface area contributed by atoms with Crippen molar-refractivity contribution in [1.82, 2.24) is 10.6 Å². The fraction of sp³-hybridized carbons (Fsp3) is 0.500. The normalized spacial score (nSPS) is 14.7.